The molecule has 1 aliphatic heterocycles. The van der Waals surface area contributed by atoms with Crippen LogP contribution in [0.25, 0.3) is 0 Å². The Morgan fingerprint density at radius 3 is 2.38 bits per heavy atom. The van der Waals surface area contributed by atoms with Crippen molar-refractivity contribution >= 4 is 11.8 Å². The lowest BCUT2D eigenvalue weighted by molar-refractivity contribution is 0.0186. The molecule has 1 N–H and O–H groups in total. The van der Waals surface area contributed by atoms with Crippen molar-refractivity contribution in [1.29, 1.82) is 0 Å². The zero-order valence-electron chi connectivity index (χ0n) is 12.9. The Morgan fingerprint density at radius 2 is 1.76 bits per heavy atom. The molecule has 5 heteroatoms. The van der Waals surface area contributed by atoms with Crippen molar-refractivity contribution in [3.63, 3.8) is 0 Å². The highest BCUT2D eigenvalue weighted by molar-refractivity contribution is 7.99. The summed E-state index contributed by atoms with van der Waals surface area (Å²) in [5, 5.41) is 9.84. The van der Waals surface area contributed by atoms with Gasteiger partial charge in [-0.25, -0.2) is 4.39 Å². The Hall–Kier alpha value is -0.620. The highest BCUT2D eigenvalue weighted by Gasteiger charge is 2.22. The van der Waals surface area contributed by atoms with Crippen LogP contribution < -0.4 is 0 Å². The molecule has 1 heterocycles. The molecule has 2 rings (SSSR count). The average Bonchev–Trinajstić information content (AvgIpc) is 2.41. The molecule has 0 spiro atoms. The summed E-state index contributed by atoms with van der Waals surface area (Å²) in [6.07, 6.45) is 0. The predicted molar refractivity (Wildman–Crippen MR) is 86.3 cm³/mol. The van der Waals surface area contributed by atoms with E-state index < -0.39 is 5.60 Å². The first-order chi connectivity index (χ1) is 9.94. The second-order valence-electron chi connectivity index (χ2n) is 6.21. The molecule has 1 fully saturated rings. The summed E-state index contributed by atoms with van der Waals surface area (Å²) >= 11 is 1.58. The van der Waals surface area contributed by atoms with Crippen LogP contribution in [0.2, 0.25) is 0 Å². The molecular weight excluding hydrogens is 287 g/mol. The van der Waals surface area contributed by atoms with Crippen molar-refractivity contribution in [1.82, 2.24) is 9.80 Å². The van der Waals surface area contributed by atoms with Crippen LogP contribution in [0.15, 0.2) is 29.2 Å². The number of hydrogen-bond donors (Lipinski definition) is 1. The molecule has 118 valence electrons. The fraction of sp³-hybridized carbons (Fsp3) is 0.625. The van der Waals surface area contributed by atoms with Gasteiger partial charge < -0.3 is 5.11 Å². The van der Waals surface area contributed by atoms with Crippen LogP contribution in [0.5, 0.6) is 0 Å². The van der Waals surface area contributed by atoms with Crippen LogP contribution >= 0.6 is 11.8 Å². The lowest BCUT2D eigenvalue weighted by Crippen LogP contribution is -2.50. The average molecular weight is 312 g/mol. The molecule has 0 bridgehead atoms. The summed E-state index contributed by atoms with van der Waals surface area (Å²) in [6, 6.07) is 6.95. The molecule has 0 aliphatic carbocycles. The second-order valence-corrected chi connectivity index (χ2v) is 7.35. The van der Waals surface area contributed by atoms with Crippen LogP contribution in [0, 0.1) is 5.82 Å². The quantitative estimate of drug-likeness (QED) is 0.816. The minimum absolute atomic E-state index is 0.127. The maximum atomic E-state index is 13.5. The molecule has 1 saturated heterocycles. The summed E-state index contributed by atoms with van der Waals surface area (Å²) < 4.78 is 13.5. The highest BCUT2D eigenvalue weighted by atomic mass is 32.2. The number of benzene rings is 1. The molecule has 0 unspecified atom stereocenters. The molecular formula is C16H25FN2OS. The Bertz CT molecular complexity index is 442. The normalized spacial score (nSPS) is 18.1. The molecule has 0 amide bonds. The number of β-amino-alcohol motifs (C(OH)–C–C–N with tert-alkyl or cyclic N) is 1. The molecule has 0 atom stereocenters. The Kier molecular flexibility index (Phi) is 6.05. The maximum absolute atomic E-state index is 13.5. The van der Waals surface area contributed by atoms with Gasteiger partial charge in [-0.15, -0.1) is 11.8 Å². The van der Waals surface area contributed by atoms with Gasteiger partial charge >= 0.3 is 0 Å². The van der Waals surface area contributed by atoms with Crippen LogP contribution in [-0.4, -0.2) is 65.5 Å². The first kappa shape index (κ1) is 16.7. The van der Waals surface area contributed by atoms with E-state index >= 15 is 0 Å². The summed E-state index contributed by atoms with van der Waals surface area (Å²) in [6.45, 7) is 9.44. The summed E-state index contributed by atoms with van der Waals surface area (Å²) in [4.78, 5) is 5.45. The van der Waals surface area contributed by atoms with E-state index in [1.807, 2.05) is 26.0 Å². The van der Waals surface area contributed by atoms with E-state index in [2.05, 4.69) is 9.80 Å². The molecule has 0 aromatic heterocycles. The van der Waals surface area contributed by atoms with E-state index in [0.29, 0.717) is 0 Å². The molecule has 21 heavy (non-hydrogen) atoms. The van der Waals surface area contributed by atoms with Crippen molar-refractivity contribution in [2.45, 2.75) is 24.3 Å². The standard InChI is InChI=1S/C16H25FN2OS/c1-16(2,20)13-19-9-7-18(8-10-19)11-12-21-15-6-4-3-5-14(15)17/h3-6,20H,7-13H2,1-2H3. The number of piperazine rings is 1. The minimum Gasteiger partial charge on any atom is -0.389 e. The van der Waals surface area contributed by atoms with E-state index in [9.17, 15) is 9.50 Å². The molecule has 1 aromatic carbocycles. The molecule has 0 radical (unpaired) electrons. The lowest BCUT2D eigenvalue weighted by atomic mass is 10.1. The van der Waals surface area contributed by atoms with Gasteiger partial charge in [0.05, 0.1) is 5.60 Å². The third-order valence-electron chi connectivity index (χ3n) is 3.58. The van der Waals surface area contributed by atoms with Gasteiger partial charge in [-0.3, -0.25) is 9.80 Å². The largest absolute Gasteiger partial charge is 0.389 e. The summed E-state index contributed by atoms with van der Waals surface area (Å²) in [5.41, 5.74) is -0.622. The second kappa shape index (κ2) is 7.58. The van der Waals surface area contributed by atoms with Crippen molar-refractivity contribution < 1.29 is 9.50 Å². The summed E-state index contributed by atoms with van der Waals surface area (Å²) in [7, 11) is 0. The maximum Gasteiger partial charge on any atom is 0.136 e. The first-order valence-electron chi connectivity index (χ1n) is 7.48. The molecule has 0 saturated carbocycles. The van der Waals surface area contributed by atoms with Gasteiger partial charge in [0, 0.05) is 49.9 Å². The fourth-order valence-corrected chi connectivity index (χ4v) is 3.51. The number of halogens is 1. The van der Waals surface area contributed by atoms with Gasteiger partial charge in [-0.2, -0.15) is 0 Å². The van der Waals surface area contributed by atoms with Crippen molar-refractivity contribution in [3.8, 4) is 0 Å². The van der Waals surface area contributed by atoms with Gasteiger partial charge in [0.2, 0.25) is 0 Å². The number of aliphatic hydroxyl groups is 1. The van der Waals surface area contributed by atoms with E-state index in [1.165, 1.54) is 6.07 Å². The lowest BCUT2D eigenvalue weighted by Gasteiger charge is -2.37. The number of rotatable bonds is 6. The van der Waals surface area contributed by atoms with Gasteiger partial charge in [0.1, 0.15) is 5.82 Å². The van der Waals surface area contributed by atoms with Gasteiger partial charge in [0.25, 0.3) is 0 Å². The van der Waals surface area contributed by atoms with E-state index in [1.54, 1.807) is 17.8 Å². The third-order valence-corrected chi connectivity index (χ3v) is 4.61. The zero-order valence-corrected chi connectivity index (χ0v) is 13.7. The molecule has 3 nitrogen and oxygen atoms in total. The Morgan fingerprint density at radius 1 is 1.14 bits per heavy atom. The van der Waals surface area contributed by atoms with E-state index in [0.717, 1.165) is 49.9 Å². The van der Waals surface area contributed by atoms with Crippen LogP contribution in [0.3, 0.4) is 0 Å². The zero-order chi connectivity index (χ0) is 15.3. The summed E-state index contributed by atoms with van der Waals surface area (Å²) in [5.74, 6) is 0.782. The third kappa shape index (κ3) is 5.94. The van der Waals surface area contributed by atoms with Crippen molar-refractivity contribution in [2.24, 2.45) is 0 Å². The highest BCUT2D eigenvalue weighted by Crippen LogP contribution is 2.21. The topological polar surface area (TPSA) is 26.7 Å². The van der Waals surface area contributed by atoms with Gasteiger partial charge in [-0.1, -0.05) is 12.1 Å². The monoisotopic (exact) mass is 312 g/mol. The van der Waals surface area contributed by atoms with E-state index in [4.69, 9.17) is 0 Å². The van der Waals surface area contributed by atoms with Gasteiger partial charge in [-0.05, 0) is 26.0 Å². The smallest absolute Gasteiger partial charge is 0.136 e. The van der Waals surface area contributed by atoms with Crippen molar-refractivity contribution in [3.05, 3.63) is 30.1 Å². The van der Waals surface area contributed by atoms with Crippen LogP contribution in [0.4, 0.5) is 4.39 Å². The number of nitrogens with zero attached hydrogens (tertiary/aromatic N) is 2. The van der Waals surface area contributed by atoms with E-state index in [-0.39, 0.29) is 5.82 Å². The Labute approximate surface area is 131 Å². The minimum atomic E-state index is -0.622. The molecule has 1 aliphatic rings. The van der Waals surface area contributed by atoms with Gasteiger partial charge in [0.15, 0.2) is 0 Å². The number of hydrogen-bond acceptors (Lipinski definition) is 4. The van der Waals surface area contributed by atoms with Crippen LogP contribution in [-0.2, 0) is 0 Å². The fourth-order valence-electron chi connectivity index (χ4n) is 2.56. The van der Waals surface area contributed by atoms with Crippen molar-refractivity contribution in [2.75, 3.05) is 45.0 Å². The van der Waals surface area contributed by atoms with Crippen LogP contribution in [0.1, 0.15) is 13.8 Å². The molecule has 1 aromatic rings. The SMILES string of the molecule is CC(C)(O)CN1CCN(CCSc2ccccc2F)CC1. The predicted octanol–water partition coefficient (Wildman–Crippen LogP) is 2.31. The number of thioether (sulfide) groups is 1. The first-order valence-corrected chi connectivity index (χ1v) is 8.47. The Balaban J connectivity index is 1.66.